The van der Waals surface area contributed by atoms with Crippen LogP contribution in [-0.4, -0.2) is 23.8 Å². The Hall–Kier alpha value is -4.37. The second-order valence-corrected chi connectivity index (χ2v) is 12.4. The van der Waals surface area contributed by atoms with Crippen molar-refractivity contribution in [3.63, 3.8) is 0 Å². The van der Waals surface area contributed by atoms with Crippen molar-refractivity contribution >= 4 is 57.4 Å². The molecular weight excluding hydrogens is 643 g/mol. The zero-order valence-corrected chi connectivity index (χ0v) is 27.7. The zero-order valence-electron chi connectivity index (χ0n) is 25.4. The molecule has 4 aromatic carbocycles. The van der Waals surface area contributed by atoms with Gasteiger partial charge in [-0.3, -0.25) is 9.36 Å². The highest BCUT2D eigenvalue weighted by molar-refractivity contribution is 7.07. The molecule has 0 N–H and O–H groups in total. The number of allylic oxidation sites excluding steroid dienone is 1. The quantitative estimate of drug-likeness (QED) is 0.154. The first-order chi connectivity index (χ1) is 22.3. The molecule has 0 fully saturated rings. The molecule has 1 aliphatic heterocycles. The maximum Gasteiger partial charge on any atom is 0.338 e. The van der Waals surface area contributed by atoms with Crippen molar-refractivity contribution < 1.29 is 19.0 Å². The van der Waals surface area contributed by atoms with E-state index in [0.717, 1.165) is 21.9 Å². The van der Waals surface area contributed by atoms with E-state index < -0.39 is 12.0 Å². The Balaban J connectivity index is 1.45. The minimum absolute atomic E-state index is 0.188. The van der Waals surface area contributed by atoms with E-state index in [1.807, 2.05) is 61.5 Å². The average Bonchev–Trinajstić information content (AvgIpc) is 3.34. The van der Waals surface area contributed by atoms with Gasteiger partial charge in [0, 0.05) is 10.6 Å². The van der Waals surface area contributed by atoms with Gasteiger partial charge in [-0.1, -0.05) is 89.1 Å². The van der Waals surface area contributed by atoms with E-state index in [0.29, 0.717) is 54.3 Å². The number of nitrogens with zero attached hydrogens (tertiary/aromatic N) is 2. The van der Waals surface area contributed by atoms with Gasteiger partial charge in [0.25, 0.3) is 5.56 Å². The van der Waals surface area contributed by atoms with E-state index in [1.165, 1.54) is 15.9 Å². The molecule has 0 aliphatic carbocycles. The van der Waals surface area contributed by atoms with E-state index in [9.17, 15) is 9.59 Å². The van der Waals surface area contributed by atoms with Gasteiger partial charge in [0.1, 0.15) is 18.1 Å². The van der Waals surface area contributed by atoms with Crippen LogP contribution in [0.5, 0.6) is 11.5 Å². The van der Waals surface area contributed by atoms with Crippen molar-refractivity contribution in [2.24, 2.45) is 4.99 Å². The van der Waals surface area contributed by atoms with Crippen LogP contribution in [0.3, 0.4) is 0 Å². The van der Waals surface area contributed by atoms with Gasteiger partial charge in [0.05, 0.1) is 40.1 Å². The Morgan fingerprint density at radius 1 is 0.978 bits per heavy atom. The fourth-order valence-electron chi connectivity index (χ4n) is 5.57. The van der Waals surface area contributed by atoms with Gasteiger partial charge in [-0.25, -0.2) is 9.79 Å². The summed E-state index contributed by atoms with van der Waals surface area (Å²) in [5, 5.41) is 2.90. The monoisotopic (exact) mass is 672 g/mol. The van der Waals surface area contributed by atoms with Crippen molar-refractivity contribution in [3.05, 3.63) is 137 Å². The smallest absolute Gasteiger partial charge is 0.338 e. The van der Waals surface area contributed by atoms with Crippen LogP contribution in [0, 0.1) is 0 Å². The van der Waals surface area contributed by atoms with Gasteiger partial charge in [-0.2, -0.15) is 0 Å². The standard InChI is InChI=1S/C36H30Cl2N2O5S/c1-4-43-27-15-13-23(14-16-27)32-31(35(42)44-5-2)21(3)39-36-40(32)34(41)30(46-36)18-25-17-26(37)19-29(38)33(25)45-20-24-11-8-10-22-9-6-7-12-28(22)24/h6-19,32H,4-5,20H2,1-3H3/b30-18-/t32-/m1/s1. The van der Waals surface area contributed by atoms with E-state index in [-0.39, 0.29) is 18.8 Å². The third-order valence-electron chi connectivity index (χ3n) is 7.60. The molecule has 0 bridgehead atoms. The van der Waals surface area contributed by atoms with Gasteiger partial charge in [-0.15, -0.1) is 0 Å². The van der Waals surface area contributed by atoms with Crippen LogP contribution in [-0.2, 0) is 16.1 Å². The lowest BCUT2D eigenvalue weighted by molar-refractivity contribution is -0.139. The predicted octanol–water partition coefficient (Wildman–Crippen LogP) is 7.24. The van der Waals surface area contributed by atoms with Gasteiger partial charge < -0.3 is 14.2 Å². The summed E-state index contributed by atoms with van der Waals surface area (Å²) in [5.74, 6) is 0.560. The van der Waals surface area contributed by atoms with Gasteiger partial charge in [-0.05, 0) is 73.0 Å². The second kappa shape index (κ2) is 13.5. The molecule has 0 radical (unpaired) electrons. The number of fused-ring (bicyclic) bond motifs is 2. The summed E-state index contributed by atoms with van der Waals surface area (Å²) in [4.78, 5) is 32.5. The number of benzene rings is 4. The lowest BCUT2D eigenvalue weighted by Gasteiger charge is -2.24. The number of ether oxygens (including phenoxy) is 3. The third-order valence-corrected chi connectivity index (χ3v) is 9.08. The van der Waals surface area contributed by atoms with Crippen LogP contribution in [0.4, 0.5) is 0 Å². The van der Waals surface area contributed by atoms with Crippen LogP contribution in [0.15, 0.2) is 99.9 Å². The molecule has 1 atom stereocenters. The van der Waals surface area contributed by atoms with Crippen molar-refractivity contribution in [2.45, 2.75) is 33.4 Å². The van der Waals surface area contributed by atoms with Gasteiger partial charge in [0.2, 0.25) is 0 Å². The molecule has 234 valence electrons. The molecule has 0 amide bonds. The highest BCUT2D eigenvalue weighted by Gasteiger charge is 2.33. The molecular formula is C36H30Cl2N2O5S. The maximum absolute atomic E-state index is 14.2. The molecule has 10 heteroatoms. The Kier molecular flexibility index (Phi) is 9.31. The van der Waals surface area contributed by atoms with Gasteiger partial charge >= 0.3 is 5.97 Å². The summed E-state index contributed by atoms with van der Waals surface area (Å²) in [6.07, 6.45) is 1.71. The SMILES string of the molecule is CCOC(=O)C1=C(C)N=c2s/c(=C\c3cc(Cl)cc(Cl)c3OCc3cccc4ccccc34)c(=O)n2[C@@H]1c1ccc(OCC)cc1. The summed E-state index contributed by atoms with van der Waals surface area (Å²) in [7, 11) is 0. The Morgan fingerprint density at radius 2 is 1.74 bits per heavy atom. The van der Waals surface area contributed by atoms with Crippen LogP contribution in [0.25, 0.3) is 16.8 Å². The van der Waals surface area contributed by atoms with Crippen LogP contribution in [0.2, 0.25) is 10.0 Å². The highest BCUT2D eigenvalue weighted by Crippen LogP contribution is 2.35. The Labute approximate surface area is 279 Å². The average molecular weight is 674 g/mol. The highest BCUT2D eigenvalue weighted by atomic mass is 35.5. The summed E-state index contributed by atoms with van der Waals surface area (Å²) >= 11 is 14.3. The summed E-state index contributed by atoms with van der Waals surface area (Å²) in [6, 6.07) is 24.0. The molecule has 46 heavy (non-hydrogen) atoms. The minimum Gasteiger partial charge on any atom is -0.494 e. The first-order valence-corrected chi connectivity index (χ1v) is 16.4. The summed E-state index contributed by atoms with van der Waals surface area (Å²) in [5.41, 5.74) is 2.71. The Morgan fingerprint density at radius 3 is 2.50 bits per heavy atom. The van der Waals surface area contributed by atoms with Crippen molar-refractivity contribution in [2.75, 3.05) is 13.2 Å². The number of esters is 1. The molecule has 2 heterocycles. The molecule has 0 saturated carbocycles. The minimum atomic E-state index is -0.752. The van der Waals surface area contributed by atoms with E-state index in [2.05, 4.69) is 17.1 Å². The molecule has 6 rings (SSSR count). The molecule has 7 nitrogen and oxygen atoms in total. The van der Waals surface area contributed by atoms with Crippen molar-refractivity contribution in [1.82, 2.24) is 4.57 Å². The van der Waals surface area contributed by atoms with Crippen molar-refractivity contribution in [1.29, 1.82) is 0 Å². The number of carbonyl (C=O) groups is 1. The fraction of sp³-hybridized carbons (Fsp3) is 0.194. The first kappa shape index (κ1) is 31.6. The fourth-order valence-corrected chi connectivity index (χ4v) is 7.17. The maximum atomic E-state index is 14.2. The van der Waals surface area contributed by atoms with E-state index in [1.54, 1.807) is 32.1 Å². The molecule has 0 saturated heterocycles. The number of rotatable bonds is 9. The topological polar surface area (TPSA) is 79.1 Å². The lowest BCUT2D eigenvalue weighted by atomic mass is 9.96. The van der Waals surface area contributed by atoms with Crippen LogP contribution >= 0.6 is 34.5 Å². The van der Waals surface area contributed by atoms with E-state index in [4.69, 9.17) is 37.4 Å². The number of hydrogen-bond donors (Lipinski definition) is 0. The zero-order chi connectivity index (χ0) is 32.4. The molecule has 1 aliphatic rings. The lowest BCUT2D eigenvalue weighted by Crippen LogP contribution is -2.39. The molecule has 0 unspecified atom stereocenters. The van der Waals surface area contributed by atoms with Crippen molar-refractivity contribution in [3.8, 4) is 11.5 Å². The number of aromatic nitrogens is 1. The number of carbonyl (C=O) groups excluding carboxylic acids is 1. The van der Waals surface area contributed by atoms with Crippen LogP contribution < -0.4 is 24.4 Å². The largest absolute Gasteiger partial charge is 0.494 e. The normalized spacial score (nSPS) is 14.6. The first-order valence-electron chi connectivity index (χ1n) is 14.8. The molecule has 0 spiro atoms. The second-order valence-electron chi connectivity index (χ2n) is 10.5. The van der Waals surface area contributed by atoms with Crippen LogP contribution in [0.1, 0.15) is 43.5 Å². The molecule has 5 aromatic rings. The number of hydrogen-bond acceptors (Lipinski definition) is 7. The third kappa shape index (κ3) is 6.20. The Bertz CT molecular complexity index is 2160. The summed E-state index contributed by atoms with van der Waals surface area (Å²) < 4.78 is 19.3. The predicted molar refractivity (Wildman–Crippen MR) is 183 cm³/mol. The van der Waals surface area contributed by atoms with E-state index >= 15 is 0 Å². The summed E-state index contributed by atoms with van der Waals surface area (Å²) in [6.45, 7) is 6.36. The van der Waals surface area contributed by atoms with Gasteiger partial charge in [0.15, 0.2) is 4.80 Å². The number of halogens is 2. The molecule has 1 aromatic heterocycles. The number of thiazole rings is 1.